The highest BCUT2D eigenvalue weighted by Gasteiger charge is 2.48. The van der Waals surface area contributed by atoms with Gasteiger partial charge in [-0.1, -0.05) is 144 Å². The first kappa shape index (κ1) is 30.9. The van der Waals surface area contributed by atoms with Crippen molar-refractivity contribution in [3.63, 3.8) is 0 Å². The summed E-state index contributed by atoms with van der Waals surface area (Å²) in [7, 11) is 0. The van der Waals surface area contributed by atoms with Gasteiger partial charge >= 0.3 is 0 Å². The highest BCUT2D eigenvalue weighted by molar-refractivity contribution is 14.1. The molecule has 4 aromatic rings. The van der Waals surface area contributed by atoms with Gasteiger partial charge in [0.05, 0.1) is 39.1 Å². The van der Waals surface area contributed by atoms with E-state index < -0.39 is 6.10 Å². The number of halogens is 1. The summed E-state index contributed by atoms with van der Waals surface area (Å²) in [6.45, 7) is 2.27. The predicted molar refractivity (Wildman–Crippen MR) is 173 cm³/mol. The highest BCUT2D eigenvalue weighted by atomic mass is 127. The van der Waals surface area contributed by atoms with Crippen molar-refractivity contribution < 1.29 is 23.7 Å². The molecule has 0 radical (unpaired) electrons. The predicted octanol–water partition coefficient (Wildman–Crippen LogP) is 7.55. The fraction of sp³-hybridized carbons (Fsp3) is 0.333. The molecule has 0 aromatic heterocycles. The fourth-order valence-corrected chi connectivity index (χ4v) is 5.84. The van der Waals surface area contributed by atoms with Gasteiger partial charge in [-0.2, -0.15) is 0 Å². The lowest BCUT2D eigenvalue weighted by atomic mass is 9.92. The number of rotatable bonds is 15. The molecule has 5 atom stereocenters. The Hall–Kier alpha value is -2.59. The Labute approximate surface area is 263 Å². The smallest absolute Gasteiger partial charge is 0.115 e. The Morgan fingerprint density at radius 1 is 0.476 bits per heavy atom. The molecule has 0 spiro atoms. The Bertz CT molecular complexity index is 1280. The van der Waals surface area contributed by atoms with Crippen LogP contribution in [0.4, 0.5) is 0 Å². The molecule has 6 heteroatoms. The largest absolute Gasteiger partial charge is 0.374 e. The zero-order valence-electron chi connectivity index (χ0n) is 23.8. The van der Waals surface area contributed by atoms with E-state index in [1.165, 1.54) is 0 Å². The monoisotopic (exact) mass is 678 g/mol. The van der Waals surface area contributed by atoms with Crippen LogP contribution < -0.4 is 0 Å². The molecule has 1 fully saturated rings. The standard InChI is InChI=1S/C36H39IO5/c37-22-21-32-34(39-24-29-15-7-2-8-16-29)36(41-26-31-19-11-4-12-20-31)35(40-25-30-17-9-3-10-18-30)33(42-32)27-38-23-28-13-5-1-6-14-28/h1-20,32-36H,21-27H2/t32-,33-,34+,35+,36-/m1/s1. The second-order valence-electron chi connectivity index (χ2n) is 10.5. The SMILES string of the molecule is ICC[C@H]1O[C@H](COCc2ccccc2)[C@H](OCc2ccccc2)[C@H](OCc2ccccc2)[C@H]1OCc1ccccc1. The molecule has 0 saturated carbocycles. The van der Waals surface area contributed by atoms with Crippen LogP contribution >= 0.6 is 22.6 Å². The molecule has 5 rings (SSSR count). The Kier molecular flexibility index (Phi) is 12.4. The lowest BCUT2D eigenvalue weighted by Gasteiger charge is -2.46. The second-order valence-corrected chi connectivity index (χ2v) is 11.6. The molecule has 0 N–H and O–H groups in total. The molecule has 42 heavy (non-hydrogen) atoms. The summed E-state index contributed by atoms with van der Waals surface area (Å²) < 4.78 is 34.1. The minimum atomic E-state index is -0.393. The van der Waals surface area contributed by atoms with Gasteiger partial charge < -0.3 is 23.7 Å². The van der Waals surface area contributed by atoms with Crippen LogP contribution in [0, 0.1) is 0 Å². The third-order valence-corrected chi connectivity index (χ3v) is 8.00. The first-order valence-corrected chi connectivity index (χ1v) is 16.1. The molecular weight excluding hydrogens is 639 g/mol. The van der Waals surface area contributed by atoms with Crippen molar-refractivity contribution >= 4 is 22.6 Å². The van der Waals surface area contributed by atoms with E-state index in [0.29, 0.717) is 33.0 Å². The van der Waals surface area contributed by atoms with Gasteiger partial charge in [-0.3, -0.25) is 0 Å². The van der Waals surface area contributed by atoms with Crippen LogP contribution in [-0.2, 0) is 50.1 Å². The van der Waals surface area contributed by atoms with E-state index in [-0.39, 0.29) is 24.4 Å². The molecular formula is C36H39IO5. The zero-order valence-corrected chi connectivity index (χ0v) is 26.0. The first-order chi connectivity index (χ1) is 20.8. The lowest BCUT2D eigenvalue weighted by molar-refractivity contribution is -0.272. The maximum atomic E-state index is 6.79. The molecule has 0 amide bonds. The Morgan fingerprint density at radius 2 is 0.857 bits per heavy atom. The summed E-state index contributed by atoms with van der Waals surface area (Å²) in [6.07, 6.45) is -0.697. The number of alkyl halides is 1. The number of ether oxygens (including phenoxy) is 5. The van der Waals surface area contributed by atoms with Gasteiger partial charge in [-0.05, 0) is 28.7 Å². The van der Waals surface area contributed by atoms with E-state index >= 15 is 0 Å². The van der Waals surface area contributed by atoms with Crippen molar-refractivity contribution in [3.05, 3.63) is 144 Å². The molecule has 220 valence electrons. The van der Waals surface area contributed by atoms with E-state index in [9.17, 15) is 0 Å². The summed E-state index contributed by atoms with van der Waals surface area (Å²) in [5.41, 5.74) is 4.44. The van der Waals surface area contributed by atoms with E-state index in [0.717, 1.165) is 33.1 Å². The topological polar surface area (TPSA) is 46.2 Å². The Balaban J connectivity index is 1.40. The number of hydrogen-bond acceptors (Lipinski definition) is 5. The molecule has 0 aliphatic carbocycles. The quantitative estimate of drug-likeness (QED) is 0.0961. The van der Waals surface area contributed by atoms with Gasteiger partial charge in [0.15, 0.2) is 0 Å². The van der Waals surface area contributed by atoms with E-state index in [2.05, 4.69) is 71.1 Å². The molecule has 1 aliphatic rings. The summed E-state index contributed by atoms with van der Waals surface area (Å²) in [5, 5.41) is 0. The van der Waals surface area contributed by atoms with Gasteiger partial charge in [0, 0.05) is 4.43 Å². The van der Waals surface area contributed by atoms with Gasteiger partial charge in [0.1, 0.15) is 24.4 Å². The number of hydrogen-bond donors (Lipinski definition) is 0. The summed E-state index contributed by atoms with van der Waals surface area (Å²) in [5.74, 6) is 0. The zero-order chi connectivity index (χ0) is 28.8. The average Bonchev–Trinajstić information content (AvgIpc) is 3.05. The van der Waals surface area contributed by atoms with Crippen molar-refractivity contribution in [2.45, 2.75) is 63.4 Å². The number of benzene rings is 4. The van der Waals surface area contributed by atoms with E-state index in [1.807, 2.05) is 72.8 Å². The van der Waals surface area contributed by atoms with Crippen LogP contribution in [0.5, 0.6) is 0 Å². The van der Waals surface area contributed by atoms with Crippen molar-refractivity contribution in [2.24, 2.45) is 0 Å². The van der Waals surface area contributed by atoms with Crippen LogP contribution in [0.2, 0.25) is 0 Å². The highest BCUT2D eigenvalue weighted by Crippen LogP contribution is 2.32. The maximum absolute atomic E-state index is 6.79. The third kappa shape index (κ3) is 9.20. The molecule has 1 heterocycles. The van der Waals surface area contributed by atoms with E-state index in [4.69, 9.17) is 23.7 Å². The maximum Gasteiger partial charge on any atom is 0.115 e. The lowest BCUT2D eigenvalue weighted by Crippen LogP contribution is -2.61. The van der Waals surface area contributed by atoms with E-state index in [1.54, 1.807) is 0 Å². The van der Waals surface area contributed by atoms with Crippen LogP contribution in [-0.4, -0.2) is 41.6 Å². The Morgan fingerprint density at radius 3 is 1.29 bits per heavy atom. The molecule has 4 aromatic carbocycles. The van der Waals surface area contributed by atoms with Crippen molar-refractivity contribution in [1.82, 2.24) is 0 Å². The molecule has 5 nitrogen and oxygen atoms in total. The third-order valence-electron chi connectivity index (χ3n) is 7.37. The normalized spacial score (nSPS) is 22.2. The minimum Gasteiger partial charge on any atom is -0.374 e. The minimum absolute atomic E-state index is 0.159. The molecule has 1 saturated heterocycles. The summed E-state index contributed by atoms with van der Waals surface area (Å²) in [4.78, 5) is 0. The molecule has 1 aliphatic heterocycles. The second kappa shape index (κ2) is 16.9. The van der Waals surface area contributed by atoms with Crippen LogP contribution in [0.25, 0.3) is 0 Å². The first-order valence-electron chi connectivity index (χ1n) is 14.6. The van der Waals surface area contributed by atoms with Gasteiger partial charge in [0.2, 0.25) is 0 Å². The summed E-state index contributed by atoms with van der Waals surface area (Å²) >= 11 is 2.41. The van der Waals surface area contributed by atoms with Gasteiger partial charge in [0.25, 0.3) is 0 Å². The van der Waals surface area contributed by atoms with Crippen LogP contribution in [0.1, 0.15) is 28.7 Å². The fourth-order valence-electron chi connectivity index (χ4n) is 5.22. The van der Waals surface area contributed by atoms with Gasteiger partial charge in [-0.15, -0.1) is 0 Å². The van der Waals surface area contributed by atoms with Crippen LogP contribution in [0.15, 0.2) is 121 Å². The molecule has 0 unspecified atom stereocenters. The van der Waals surface area contributed by atoms with Crippen molar-refractivity contribution in [1.29, 1.82) is 0 Å². The van der Waals surface area contributed by atoms with Crippen molar-refractivity contribution in [2.75, 3.05) is 11.0 Å². The molecule has 0 bridgehead atoms. The summed E-state index contributed by atoms with van der Waals surface area (Å²) in [6, 6.07) is 41.0. The van der Waals surface area contributed by atoms with Crippen molar-refractivity contribution in [3.8, 4) is 0 Å². The van der Waals surface area contributed by atoms with Crippen LogP contribution in [0.3, 0.4) is 0 Å². The average molecular weight is 679 g/mol. The van der Waals surface area contributed by atoms with Gasteiger partial charge in [-0.25, -0.2) is 0 Å².